The van der Waals surface area contributed by atoms with Gasteiger partial charge in [0.25, 0.3) is 0 Å². The highest BCUT2D eigenvalue weighted by atomic mass is 35.5. The third-order valence-corrected chi connectivity index (χ3v) is 4.46. The van der Waals surface area contributed by atoms with Crippen molar-refractivity contribution in [2.45, 2.75) is 17.8 Å². The fourth-order valence-electron chi connectivity index (χ4n) is 1.83. The van der Waals surface area contributed by atoms with E-state index in [0.717, 1.165) is 0 Å². The molecule has 2 atom stereocenters. The Morgan fingerprint density at radius 1 is 1.71 bits per heavy atom. The number of rotatable bonds is 2. The number of benzene rings is 1. The van der Waals surface area contributed by atoms with E-state index in [0.29, 0.717) is 16.3 Å². The van der Waals surface area contributed by atoms with Crippen LogP contribution in [0.3, 0.4) is 0 Å². The van der Waals surface area contributed by atoms with Crippen molar-refractivity contribution >= 4 is 29.3 Å². The molecular weight excluding hydrogens is 265 g/mol. The second-order valence-electron chi connectivity index (χ2n) is 4.00. The first-order chi connectivity index (χ1) is 7.92. The van der Waals surface area contributed by atoms with Crippen LogP contribution in [0.1, 0.15) is 12.5 Å². The van der Waals surface area contributed by atoms with Crippen LogP contribution in [0.25, 0.3) is 0 Å². The van der Waals surface area contributed by atoms with Crippen molar-refractivity contribution in [3.05, 3.63) is 34.6 Å². The first-order valence-corrected chi connectivity index (χ1v) is 6.39. The highest BCUT2D eigenvalue weighted by Crippen LogP contribution is 2.42. The standard InChI is InChI=1S/C11H11ClFNO2S/c1-11(14-9(5-17-11)10(15)16)7-3-2-6(13)4-8(7)12/h2-4,9,14H,5H2,1H3,(H,15,16)/t9-,11?/m0/s1. The van der Waals surface area contributed by atoms with E-state index in [9.17, 15) is 9.18 Å². The highest BCUT2D eigenvalue weighted by molar-refractivity contribution is 8.00. The monoisotopic (exact) mass is 275 g/mol. The minimum Gasteiger partial charge on any atom is -0.480 e. The average molecular weight is 276 g/mol. The molecular formula is C11H11ClFNO2S. The predicted octanol–water partition coefficient (Wildman–Crippen LogP) is 2.44. The molecule has 2 rings (SSSR count). The number of halogens is 2. The Morgan fingerprint density at radius 2 is 2.41 bits per heavy atom. The smallest absolute Gasteiger partial charge is 0.321 e. The maximum absolute atomic E-state index is 13.0. The third kappa shape index (κ3) is 2.41. The van der Waals surface area contributed by atoms with Gasteiger partial charge in [-0.05, 0) is 19.1 Å². The van der Waals surface area contributed by atoms with Crippen molar-refractivity contribution in [3.63, 3.8) is 0 Å². The zero-order chi connectivity index (χ0) is 12.6. The molecule has 0 saturated carbocycles. The molecule has 1 saturated heterocycles. The fourth-order valence-corrected chi connectivity index (χ4v) is 3.53. The van der Waals surface area contributed by atoms with Gasteiger partial charge in [-0.2, -0.15) is 0 Å². The minimum absolute atomic E-state index is 0.304. The Kier molecular flexibility index (Phi) is 3.34. The molecule has 17 heavy (non-hydrogen) atoms. The van der Waals surface area contributed by atoms with Crippen molar-refractivity contribution in [1.82, 2.24) is 5.32 Å². The Labute approximate surface area is 107 Å². The summed E-state index contributed by atoms with van der Waals surface area (Å²) in [6.07, 6.45) is 0. The van der Waals surface area contributed by atoms with Crippen molar-refractivity contribution in [3.8, 4) is 0 Å². The zero-order valence-corrected chi connectivity index (χ0v) is 10.6. The van der Waals surface area contributed by atoms with Crippen LogP contribution in [0, 0.1) is 5.82 Å². The van der Waals surface area contributed by atoms with Crippen molar-refractivity contribution in [2.24, 2.45) is 0 Å². The summed E-state index contributed by atoms with van der Waals surface area (Å²) in [6.45, 7) is 1.85. The molecule has 0 bridgehead atoms. The van der Waals surface area contributed by atoms with Crippen LogP contribution in [-0.2, 0) is 9.67 Å². The SMILES string of the molecule is CC1(c2ccc(F)cc2Cl)N[C@H](C(=O)O)CS1. The second-order valence-corrected chi connectivity index (χ2v) is 5.85. The second kappa shape index (κ2) is 4.48. The maximum atomic E-state index is 13.0. The molecule has 1 aromatic carbocycles. The van der Waals surface area contributed by atoms with E-state index in [1.165, 1.54) is 23.9 Å². The van der Waals surface area contributed by atoms with E-state index < -0.39 is 22.7 Å². The van der Waals surface area contributed by atoms with Crippen LogP contribution in [0.2, 0.25) is 5.02 Å². The minimum atomic E-state index is -0.889. The van der Waals surface area contributed by atoms with Crippen LogP contribution in [0.5, 0.6) is 0 Å². The van der Waals surface area contributed by atoms with Crippen LogP contribution in [0.15, 0.2) is 18.2 Å². The Bertz CT molecular complexity index is 471. The van der Waals surface area contributed by atoms with Gasteiger partial charge in [0.15, 0.2) is 0 Å². The normalized spacial score (nSPS) is 28.3. The molecule has 0 radical (unpaired) electrons. The van der Waals surface area contributed by atoms with Crippen LogP contribution in [0.4, 0.5) is 4.39 Å². The van der Waals surface area contributed by atoms with Gasteiger partial charge in [0.05, 0.1) is 4.87 Å². The quantitative estimate of drug-likeness (QED) is 0.870. The van der Waals surface area contributed by atoms with Gasteiger partial charge in [0.1, 0.15) is 11.9 Å². The van der Waals surface area contributed by atoms with Crippen molar-refractivity contribution in [2.75, 3.05) is 5.75 Å². The number of nitrogens with one attached hydrogen (secondary N) is 1. The van der Waals surface area contributed by atoms with E-state index in [2.05, 4.69) is 5.32 Å². The highest BCUT2D eigenvalue weighted by Gasteiger charge is 2.40. The molecule has 0 amide bonds. The largest absolute Gasteiger partial charge is 0.480 e. The van der Waals surface area contributed by atoms with Gasteiger partial charge in [-0.3, -0.25) is 10.1 Å². The molecule has 1 aromatic rings. The molecule has 6 heteroatoms. The van der Waals surface area contributed by atoms with E-state index >= 15 is 0 Å². The molecule has 1 fully saturated rings. The van der Waals surface area contributed by atoms with Gasteiger partial charge in [0, 0.05) is 16.3 Å². The molecule has 1 unspecified atom stereocenters. The lowest BCUT2D eigenvalue weighted by atomic mass is 10.1. The molecule has 2 N–H and O–H groups in total. The topological polar surface area (TPSA) is 49.3 Å². The lowest BCUT2D eigenvalue weighted by molar-refractivity contribution is -0.138. The summed E-state index contributed by atoms with van der Waals surface area (Å²) in [5.41, 5.74) is 0.703. The Morgan fingerprint density at radius 3 is 2.94 bits per heavy atom. The third-order valence-electron chi connectivity index (χ3n) is 2.73. The Balaban J connectivity index is 2.31. The first-order valence-electron chi connectivity index (χ1n) is 5.02. The van der Waals surface area contributed by atoms with Crippen molar-refractivity contribution < 1.29 is 14.3 Å². The summed E-state index contributed by atoms with van der Waals surface area (Å²) in [4.78, 5) is 10.3. The van der Waals surface area contributed by atoms with Gasteiger partial charge < -0.3 is 5.11 Å². The van der Waals surface area contributed by atoms with Crippen LogP contribution in [-0.4, -0.2) is 22.9 Å². The van der Waals surface area contributed by atoms with E-state index in [1.807, 2.05) is 6.92 Å². The average Bonchev–Trinajstić information content (AvgIpc) is 2.61. The predicted molar refractivity (Wildman–Crippen MR) is 65.8 cm³/mol. The van der Waals surface area contributed by atoms with Crippen molar-refractivity contribution in [1.29, 1.82) is 0 Å². The number of carboxylic acid groups (broad SMARTS) is 1. The summed E-state index contributed by atoms with van der Waals surface area (Å²) in [7, 11) is 0. The lowest BCUT2D eigenvalue weighted by Gasteiger charge is -2.25. The van der Waals surface area contributed by atoms with Gasteiger partial charge in [0.2, 0.25) is 0 Å². The number of hydrogen-bond donors (Lipinski definition) is 2. The summed E-state index contributed by atoms with van der Waals surface area (Å²) in [5, 5.41) is 12.2. The lowest BCUT2D eigenvalue weighted by Crippen LogP contribution is -2.41. The number of carboxylic acids is 1. The van der Waals surface area contributed by atoms with E-state index in [1.54, 1.807) is 6.07 Å². The molecule has 1 aliphatic heterocycles. The van der Waals surface area contributed by atoms with E-state index in [-0.39, 0.29) is 0 Å². The Hall–Kier alpha value is -0.780. The van der Waals surface area contributed by atoms with Crippen LogP contribution < -0.4 is 5.32 Å². The van der Waals surface area contributed by atoms with Gasteiger partial charge in [-0.1, -0.05) is 17.7 Å². The molecule has 3 nitrogen and oxygen atoms in total. The zero-order valence-electron chi connectivity index (χ0n) is 9.04. The summed E-state index contributed by atoms with van der Waals surface area (Å²) >= 11 is 7.44. The number of aliphatic carboxylic acids is 1. The van der Waals surface area contributed by atoms with Crippen LogP contribution >= 0.6 is 23.4 Å². The molecule has 0 spiro atoms. The van der Waals surface area contributed by atoms with Gasteiger partial charge in [-0.15, -0.1) is 11.8 Å². The number of hydrogen-bond acceptors (Lipinski definition) is 3. The summed E-state index contributed by atoms with van der Waals surface area (Å²) < 4.78 is 13.0. The molecule has 0 aliphatic carbocycles. The number of thioether (sulfide) groups is 1. The summed E-state index contributed by atoms with van der Waals surface area (Å²) in [5.74, 6) is -0.834. The van der Waals surface area contributed by atoms with E-state index in [4.69, 9.17) is 16.7 Å². The van der Waals surface area contributed by atoms with Gasteiger partial charge in [-0.25, -0.2) is 4.39 Å². The summed E-state index contributed by atoms with van der Waals surface area (Å²) in [6, 6.07) is 3.54. The molecule has 1 aliphatic rings. The fraction of sp³-hybridized carbons (Fsp3) is 0.364. The maximum Gasteiger partial charge on any atom is 0.321 e. The van der Waals surface area contributed by atoms with Gasteiger partial charge >= 0.3 is 5.97 Å². The molecule has 0 aromatic heterocycles. The molecule has 92 valence electrons. The number of carbonyl (C=O) groups is 1. The molecule has 1 heterocycles. The first kappa shape index (κ1) is 12.7.